The monoisotopic (exact) mass is 365 g/mol. The van der Waals surface area contributed by atoms with Crippen LogP contribution in [-0.2, 0) is 5.41 Å². The van der Waals surface area contributed by atoms with E-state index in [0.717, 1.165) is 53.8 Å². The van der Waals surface area contributed by atoms with E-state index < -0.39 is 0 Å². The Labute approximate surface area is 159 Å². The van der Waals surface area contributed by atoms with Crippen LogP contribution >= 0.6 is 0 Å². The lowest BCUT2D eigenvalue weighted by Gasteiger charge is -2.34. The fourth-order valence-corrected chi connectivity index (χ4v) is 3.32. The topological polar surface area (TPSA) is 81.8 Å². The Morgan fingerprint density at radius 2 is 2.00 bits per heavy atom. The molecule has 0 saturated carbocycles. The van der Waals surface area contributed by atoms with Gasteiger partial charge in [0.2, 0.25) is 5.95 Å². The molecule has 2 aromatic heterocycles. The molecule has 7 heteroatoms. The van der Waals surface area contributed by atoms with Crippen LogP contribution in [0.4, 0.5) is 17.6 Å². The van der Waals surface area contributed by atoms with E-state index in [-0.39, 0.29) is 5.41 Å². The lowest BCUT2D eigenvalue weighted by atomic mass is 9.92. The summed E-state index contributed by atoms with van der Waals surface area (Å²) in [4.78, 5) is 11.9. The Hall–Kier alpha value is -2.67. The molecule has 1 aromatic carbocycles. The van der Waals surface area contributed by atoms with Crippen molar-refractivity contribution in [2.75, 3.05) is 29.9 Å². The number of anilines is 3. The molecule has 0 amide bonds. The summed E-state index contributed by atoms with van der Waals surface area (Å²) in [5, 5.41) is 15.4. The Kier molecular flexibility index (Phi) is 4.47. The number of para-hydroxylation sites is 1. The molecule has 0 aliphatic carbocycles. The molecule has 27 heavy (non-hydrogen) atoms. The molecule has 1 saturated heterocycles. The number of hydrogen-bond donors (Lipinski definition) is 3. The number of fused-ring (bicyclic) bond motifs is 1. The molecule has 3 aromatic rings. The molecule has 7 nitrogen and oxygen atoms in total. The molecule has 1 atom stereocenters. The maximum atomic E-state index is 4.86. The average Bonchev–Trinajstić information content (AvgIpc) is 3.11. The zero-order valence-corrected chi connectivity index (χ0v) is 16.4. The maximum Gasteiger partial charge on any atom is 0.228 e. The Morgan fingerprint density at radius 1 is 1.19 bits per heavy atom. The smallest absolute Gasteiger partial charge is 0.228 e. The Morgan fingerprint density at radius 3 is 2.74 bits per heavy atom. The number of nitrogens with zero attached hydrogens (tertiary/aromatic N) is 4. The third kappa shape index (κ3) is 3.60. The lowest BCUT2D eigenvalue weighted by molar-refractivity contribution is 0.493. The summed E-state index contributed by atoms with van der Waals surface area (Å²) in [6.07, 6.45) is 0. The van der Waals surface area contributed by atoms with Gasteiger partial charge < -0.3 is 15.5 Å². The predicted molar refractivity (Wildman–Crippen MR) is 110 cm³/mol. The minimum absolute atomic E-state index is 0.0159. The zero-order chi connectivity index (χ0) is 19.0. The van der Waals surface area contributed by atoms with Crippen LogP contribution in [0.1, 0.15) is 33.4 Å². The number of H-pyrrole nitrogens is 1. The van der Waals surface area contributed by atoms with E-state index in [0.29, 0.717) is 6.04 Å². The minimum Gasteiger partial charge on any atom is -0.335 e. The van der Waals surface area contributed by atoms with Crippen LogP contribution in [0.5, 0.6) is 0 Å². The van der Waals surface area contributed by atoms with Crippen LogP contribution in [0, 0.1) is 0 Å². The van der Waals surface area contributed by atoms with Gasteiger partial charge in [-0.15, -0.1) is 0 Å². The second kappa shape index (κ2) is 6.81. The molecule has 1 unspecified atom stereocenters. The Balaban J connectivity index is 1.73. The first kappa shape index (κ1) is 17.7. The van der Waals surface area contributed by atoms with Crippen molar-refractivity contribution < 1.29 is 0 Å². The lowest BCUT2D eigenvalue weighted by Crippen LogP contribution is -2.50. The van der Waals surface area contributed by atoms with Crippen LogP contribution in [-0.4, -0.2) is 45.8 Å². The van der Waals surface area contributed by atoms with Crippen molar-refractivity contribution in [1.29, 1.82) is 0 Å². The zero-order valence-electron chi connectivity index (χ0n) is 16.4. The predicted octanol–water partition coefficient (Wildman–Crippen LogP) is 3.19. The SMILES string of the molecule is CC1CNCCN1c1nc(Nc2cc(C(C)(C)C)[nH]n2)c2ccccc2n1. The summed E-state index contributed by atoms with van der Waals surface area (Å²) in [7, 11) is 0. The third-order valence-electron chi connectivity index (χ3n) is 4.98. The van der Waals surface area contributed by atoms with Gasteiger partial charge in [-0.3, -0.25) is 5.10 Å². The Bertz CT molecular complexity index is 941. The largest absolute Gasteiger partial charge is 0.335 e. The molecule has 0 bridgehead atoms. The average molecular weight is 365 g/mol. The highest BCUT2D eigenvalue weighted by atomic mass is 15.3. The van der Waals surface area contributed by atoms with Gasteiger partial charge in [0.05, 0.1) is 5.52 Å². The molecule has 0 radical (unpaired) electrons. The van der Waals surface area contributed by atoms with Gasteiger partial charge in [-0.2, -0.15) is 10.1 Å². The first-order valence-corrected chi connectivity index (χ1v) is 9.49. The summed E-state index contributed by atoms with van der Waals surface area (Å²) >= 11 is 0. The van der Waals surface area contributed by atoms with Crippen LogP contribution < -0.4 is 15.5 Å². The van der Waals surface area contributed by atoms with Gasteiger partial charge in [-0.05, 0) is 19.1 Å². The van der Waals surface area contributed by atoms with Gasteiger partial charge in [0, 0.05) is 48.2 Å². The van der Waals surface area contributed by atoms with Crippen LogP contribution in [0.2, 0.25) is 0 Å². The minimum atomic E-state index is 0.0159. The van der Waals surface area contributed by atoms with Crippen molar-refractivity contribution in [1.82, 2.24) is 25.5 Å². The van der Waals surface area contributed by atoms with E-state index in [4.69, 9.17) is 9.97 Å². The molecule has 142 valence electrons. The molecular weight excluding hydrogens is 338 g/mol. The third-order valence-corrected chi connectivity index (χ3v) is 4.98. The summed E-state index contributed by atoms with van der Waals surface area (Å²) in [5.41, 5.74) is 2.03. The standard InChI is InChI=1S/C20H27N7/c1-13-12-21-9-10-27(13)19-22-15-8-6-5-7-14(15)18(24-19)23-17-11-16(25-26-17)20(2,3)4/h5-8,11,13,21H,9-10,12H2,1-4H3,(H2,22,23,24,25,26). The second-order valence-electron chi connectivity index (χ2n) is 8.18. The highest BCUT2D eigenvalue weighted by Crippen LogP contribution is 2.28. The van der Waals surface area contributed by atoms with E-state index in [1.807, 2.05) is 30.3 Å². The number of piperazine rings is 1. The van der Waals surface area contributed by atoms with Crippen molar-refractivity contribution in [2.24, 2.45) is 0 Å². The fourth-order valence-electron chi connectivity index (χ4n) is 3.32. The molecular formula is C20H27N7. The van der Waals surface area contributed by atoms with Crippen molar-refractivity contribution in [3.63, 3.8) is 0 Å². The summed E-state index contributed by atoms with van der Waals surface area (Å²) in [6, 6.07) is 10.5. The van der Waals surface area contributed by atoms with Gasteiger partial charge in [0.25, 0.3) is 0 Å². The number of aromatic nitrogens is 4. The maximum absolute atomic E-state index is 4.86. The van der Waals surface area contributed by atoms with E-state index in [9.17, 15) is 0 Å². The summed E-state index contributed by atoms with van der Waals surface area (Å²) in [6.45, 7) is 11.5. The molecule has 1 fully saturated rings. The van der Waals surface area contributed by atoms with Gasteiger partial charge in [-0.25, -0.2) is 4.98 Å². The van der Waals surface area contributed by atoms with Crippen LogP contribution in [0.3, 0.4) is 0 Å². The molecule has 3 N–H and O–H groups in total. The number of aromatic amines is 1. The molecule has 1 aliphatic rings. The fraction of sp³-hybridized carbons (Fsp3) is 0.450. The van der Waals surface area contributed by atoms with Gasteiger partial charge >= 0.3 is 0 Å². The number of nitrogens with one attached hydrogen (secondary N) is 3. The second-order valence-corrected chi connectivity index (χ2v) is 8.18. The number of rotatable bonds is 3. The normalized spacial score (nSPS) is 18.1. The van der Waals surface area contributed by atoms with Crippen molar-refractivity contribution in [3.05, 3.63) is 36.0 Å². The van der Waals surface area contributed by atoms with E-state index in [2.05, 4.69) is 53.4 Å². The molecule has 0 spiro atoms. The van der Waals surface area contributed by atoms with Crippen LogP contribution in [0.15, 0.2) is 30.3 Å². The van der Waals surface area contributed by atoms with Crippen molar-refractivity contribution in [3.8, 4) is 0 Å². The highest BCUT2D eigenvalue weighted by molar-refractivity contribution is 5.91. The summed E-state index contributed by atoms with van der Waals surface area (Å²) < 4.78 is 0. The van der Waals surface area contributed by atoms with E-state index >= 15 is 0 Å². The molecule has 1 aliphatic heterocycles. The van der Waals surface area contributed by atoms with E-state index in [1.54, 1.807) is 0 Å². The quantitative estimate of drug-likeness (QED) is 0.661. The van der Waals surface area contributed by atoms with E-state index in [1.165, 1.54) is 0 Å². The highest BCUT2D eigenvalue weighted by Gasteiger charge is 2.22. The first-order valence-electron chi connectivity index (χ1n) is 9.49. The molecule has 3 heterocycles. The number of hydrogen-bond acceptors (Lipinski definition) is 6. The van der Waals surface area contributed by atoms with Gasteiger partial charge in [0.1, 0.15) is 5.82 Å². The number of benzene rings is 1. The van der Waals surface area contributed by atoms with Crippen molar-refractivity contribution in [2.45, 2.75) is 39.2 Å². The van der Waals surface area contributed by atoms with Gasteiger partial charge in [-0.1, -0.05) is 32.9 Å². The summed E-state index contributed by atoms with van der Waals surface area (Å²) in [5.74, 6) is 2.31. The van der Waals surface area contributed by atoms with Crippen LogP contribution in [0.25, 0.3) is 10.9 Å². The van der Waals surface area contributed by atoms with Gasteiger partial charge in [0.15, 0.2) is 5.82 Å². The molecule has 4 rings (SSSR count). The first-order chi connectivity index (χ1) is 12.9. The van der Waals surface area contributed by atoms with Crippen molar-refractivity contribution >= 4 is 28.5 Å².